The summed E-state index contributed by atoms with van der Waals surface area (Å²) in [6, 6.07) is 5.29. The molecule has 1 aliphatic rings. The lowest BCUT2D eigenvalue weighted by Gasteiger charge is -2.31. The van der Waals surface area contributed by atoms with E-state index >= 15 is 0 Å². The van der Waals surface area contributed by atoms with E-state index in [0.29, 0.717) is 18.2 Å². The maximum absolute atomic E-state index is 9.87. The highest BCUT2D eigenvalue weighted by atomic mass is 35.5. The van der Waals surface area contributed by atoms with Crippen LogP contribution in [0.1, 0.15) is 29.3 Å². The zero-order valence-electron chi connectivity index (χ0n) is 13.8. The van der Waals surface area contributed by atoms with Crippen LogP contribution in [0.4, 0.5) is 11.8 Å². The Hall–Kier alpha value is -2.05. The van der Waals surface area contributed by atoms with E-state index in [9.17, 15) is 5.11 Å². The van der Waals surface area contributed by atoms with Gasteiger partial charge in [-0.3, -0.25) is 0 Å². The summed E-state index contributed by atoms with van der Waals surface area (Å²) in [6.07, 6.45) is 0.883. The largest absolute Gasteiger partial charge is 0.508 e. The lowest BCUT2D eigenvalue weighted by Crippen LogP contribution is -2.32. The van der Waals surface area contributed by atoms with Gasteiger partial charge in [0.25, 0.3) is 0 Å². The van der Waals surface area contributed by atoms with Gasteiger partial charge in [0.1, 0.15) is 11.6 Å². The molecule has 0 bridgehead atoms. The fourth-order valence-corrected chi connectivity index (χ4v) is 3.26. The van der Waals surface area contributed by atoms with Crippen LogP contribution in [0.2, 0.25) is 5.02 Å². The minimum Gasteiger partial charge on any atom is -0.508 e. The number of halogens is 1. The van der Waals surface area contributed by atoms with Gasteiger partial charge in [0.15, 0.2) is 0 Å². The molecule has 2 aromatic rings. The summed E-state index contributed by atoms with van der Waals surface area (Å²) >= 11 is 6.40. The summed E-state index contributed by atoms with van der Waals surface area (Å²) in [6.45, 7) is 5.69. The summed E-state index contributed by atoms with van der Waals surface area (Å²) in [4.78, 5) is 10.7. The number of aromatic hydroxyl groups is 1. The molecule has 0 amide bonds. The Balaban J connectivity index is 2.06. The van der Waals surface area contributed by atoms with Crippen molar-refractivity contribution in [2.24, 2.45) is 0 Å². The quantitative estimate of drug-likeness (QED) is 0.867. The van der Waals surface area contributed by atoms with Crippen LogP contribution in [-0.4, -0.2) is 34.8 Å². The predicted octanol–water partition coefficient (Wildman–Crippen LogP) is 3.00. The molecule has 0 radical (unpaired) electrons. The van der Waals surface area contributed by atoms with Crippen LogP contribution in [0.15, 0.2) is 18.2 Å². The fraction of sp³-hybridized carbons (Fsp3) is 0.412. The first-order valence-electron chi connectivity index (χ1n) is 7.90. The van der Waals surface area contributed by atoms with Crippen molar-refractivity contribution in [2.75, 3.05) is 30.4 Å². The molecule has 0 aliphatic carbocycles. The van der Waals surface area contributed by atoms with Crippen molar-refractivity contribution < 1.29 is 9.84 Å². The second-order valence-corrected chi connectivity index (χ2v) is 6.43. The summed E-state index contributed by atoms with van der Waals surface area (Å²) in [5.74, 6) is 1.20. The Kier molecular flexibility index (Phi) is 4.78. The van der Waals surface area contributed by atoms with E-state index in [4.69, 9.17) is 22.1 Å². The molecule has 6 nitrogen and oxygen atoms in total. The molecule has 1 aliphatic heterocycles. The minimum absolute atomic E-state index is 0.104. The van der Waals surface area contributed by atoms with Crippen LogP contribution >= 0.6 is 11.6 Å². The zero-order valence-corrected chi connectivity index (χ0v) is 14.5. The number of anilines is 2. The fourth-order valence-electron chi connectivity index (χ4n) is 2.98. The number of aromatic nitrogens is 2. The van der Waals surface area contributed by atoms with Crippen molar-refractivity contribution in [3.05, 3.63) is 40.0 Å². The smallest absolute Gasteiger partial charge is 0.222 e. The summed E-state index contributed by atoms with van der Waals surface area (Å²) < 4.78 is 5.76. The van der Waals surface area contributed by atoms with Crippen molar-refractivity contribution in [3.8, 4) is 5.75 Å². The molecule has 3 N–H and O–H groups in total. The summed E-state index contributed by atoms with van der Waals surface area (Å²) in [5, 5.41) is 10.4. The number of nitrogen functional groups attached to an aromatic ring is 1. The number of phenolic OH excluding ortho intramolecular Hbond substituents is 1. The van der Waals surface area contributed by atoms with Crippen molar-refractivity contribution >= 4 is 23.4 Å². The summed E-state index contributed by atoms with van der Waals surface area (Å²) in [7, 11) is 0. The number of rotatable bonds is 2. The number of phenols is 1. The number of benzene rings is 1. The Labute approximate surface area is 146 Å². The van der Waals surface area contributed by atoms with Crippen LogP contribution in [0.3, 0.4) is 0 Å². The van der Waals surface area contributed by atoms with Gasteiger partial charge in [0.05, 0.1) is 12.6 Å². The van der Waals surface area contributed by atoms with Crippen molar-refractivity contribution in [1.82, 2.24) is 9.97 Å². The molecular weight excluding hydrogens is 328 g/mol. The molecule has 0 spiro atoms. The standard InChI is InChI=1S/C17H21ClN4O2/c1-10-6-12(13(18)8-15(10)23)14-9-24-5-3-4-22(14)16-7-11(2)20-17(19)21-16/h6-8,14,23H,3-5,9H2,1-2H3,(H2,19,20,21). The molecule has 3 rings (SSSR count). The Morgan fingerprint density at radius 1 is 1.29 bits per heavy atom. The highest BCUT2D eigenvalue weighted by molar-refractivity contribution is 6.31. The minimum atomic E-state index is -0.104. The van der Waals surface area contributed by atoms with Gasteiger partial charge < -0.3 is 20.5 Å². The van der Waals surface area contributed by atoms with E-state index in [1.165, 1.54) is 0 Å². The van der Waals surface area contributed by atoms with E-state index in [2.05, 4.69) is 14.9 Å². The van der Waals surface area contributed by atoms with E-state index in [1.807, 2.05) is 26.0 Å². The number of hydrogen-bond acceptors (Lipinski definition) is 6. The first kappa shape index (κ1) is 16.8. The van der Waals surface area contributed by atoms with Gasteiger partial charge in [-0.15, -0.1) is 0 Å². The second-order valence-electron chi connectivity index (χ2n) is 6.02. The molecular formula is C17H21ClN4O2. The molecule has 1 saturated heterocycles. The molecule has 128 valence electrons. The predicted molar refractivity (Wildman–Crippen MR) is 94.6 cm³/mol. The van der Waals surface area contributed by atoms with E-state index in [-0.39, 0.29) is 17.7 Å². The highest BCUT2D eigenvalue weighted by Gasteiger charge is 2.27. The average molecular weight is 349 g/mol. The molecule has 7 heteroatoms. The molecule has 2 heterocycles. The molecule has 1 unspecified atom stereocenters. The third kappa shape index (κ3) is 3.39. The number of aryl methyl sites for hydroxylation is 2. The monoisotopic (exact) mass is 348 g/mol. The molecule has 1 aromatic heterocycles. The van der Waals surface area contributed by atoms with Crippen LogP contribution in [-0.2, 0) is 4.74 Å². The van der Waals surface area contributed by atoms with E-state index in [0.717, 1.165) is 35.6 Å². The van der Waals surface area contributed by atoms with Crippen LogP contribution in [0.5, 0.6) is 5.75 Å². The van der Waals surface area contributed by atoms with Gasteiger partial charge in [-0.25, -0.2) is 4.98 Å². The van der Waals surface area contributed by atoms with Crippen LogP contribution in [0.25, 0.3) is 0 Å². The Morgan fingerprint density at radius 2 is 2.08 bits per heavy atom. The second kappa shape index (κ2) is 6.83. The van der Waals surface area contributed by atoms with Crippen LogP contribution < -0.4 is 10.6 Å². The highest BCUT2D eigenvalue weighted by Crippen LogP contribution is 2.36. The van der Waals surface area contributed by atoms with Gasteiger partial charge in [-0.1, -0.05) is 11.6 Å². The average Bonchev–Trinajstić information content (AvgIpc) is 2.75. The van der Waals surface area contributed by atoms with Crippen molar-refractivity contribution in [3.63, 3.8) is 0 Å². The molecule has 0 saturated carbocycles. The Bertz CT molecular complexity index is 733. The molecule has 1 aromatic carbocycles. The number of hydrogen-bond donors (Lipinski definition) is 2. The van der Waals surface area contributed by atoms with Crippen molar-refractivity contribution in [2.45, 2.75) is 26.3 Å². The zero-order chi connectivity index (χ0) is 17.3. The normalized spacial score (nSPS) is 18.5. The van der Waals surface area contributed by atoms with Crippen molar-refractivity contribution in [1.29, 1.82) is 0 Å². The maximum atomic E-state index is 9.87. The third-order valence-electron chi connectivity index (χ3n) is 4.17. The lowest BCUT2D eigenvalue weighted by atomic mass is 10.0. The van der Waals surface area contributed by atoms with Gasteiger partial charge in [-0.05, 0) is 43.5 Å². The molecule has 24 heavy (non-hydrogen) atoms. The van der Waals surface area contributed by atoms with E-state index < -0.39 is 0 Å². The summed E-state index contributed by atoms with van der Waals surface area (Å²) in [5.41, 5.74) is 8.32. The van der Waals surface area contributed by atoms with Gasteiger partial charge in [0, 0.05) is 29.9 Å². The first-order valence-corrected chi connectivity index (χ1v) is 8.28. The molecule has 1 atom stereocenters. The number of ether oxygens (including phenoxy) is 1. The Morgan fingerprint density at radius 3 is 2.83 bits per heavy atom. The van der Waals surface area contributed by atoms with Crippen LogP contribution in [0, 0.1) is 13.8 Å². The lowest BCUT2D eigenvalue weighted by molar-refractivity contribution is 0.134. The van der Waals surface area contributed by atoms with Gasteiger partial charge in [0.2, 0.25) is 5.95 Å². The SMILES string of the molecule is Cc1cc(N2CCCOCC2c2cc(C)c(O)cc2Cl)nc(N)n1. The molecule has 1 fully saturated rings. The number of nitrogens with zero attached hydrogens (tertiary/aromatic N) is 3. The topological polar surface area (TPSA) is 84.5 Å². The first-order chi connectivity index (χ1) is 11.5. The maximum Gasteiger partial charge on any atom is 0.222 e. The van der Waals surface area contributed by atoms with E-state index in [1.54, 1.807) is 6.07 Å². The van der Waals surface area contributed by atoms with Gasteiger partial charge >= 0.3 is 0 Å². The third-order valence-corrected chi connectivity index (χ3v) is 4.49. The van der Waals surface area contributed by atoms with Gasteiger partial charge in [-0.2, -0.15) is 4.98 Å². The number of nitrogens with two attached hydrogens (primary N) is 1.